The number of aliphatic hydroxyl groups excluding tert-OH is 1. The molecular weight excluding hydrogens is 184 g/mol. The number of rotatable bonds is 2. The van der Waals surface area contributed by atoms with Crippen molar-refractivity contribution in [2.24, 2.45) is 0 Å². The van der Waals surface area contributed by atoms with E-state index < -0.39 is 6.10 Å². The molecule has 72 valence electrons. The Morgan fingerprint density at radius 1 is 1.69 bits per heavy atom. The minimum atomic E-state index is -0.471. The summed E-state index contributed by atoms with van der Waals surface area (Å²) in [5, 5.41) is 14.0. The first kappa shape index (κ1) is 9.19. The highest BCUT2D eigenvalue weighted by Crippen LogP contribution is 2.37. The second-order valence-electron chi connectivity index (χ2n) is 3.72. The van der Waals surface area contributed by atoms with Crippen LogP contribution in [0.1, 0.15) is 31.4 Å². The second-order valence-corrected chi connectivity index (χ2v) is 4.50. The molecule has 1 aromatic heterocycles. The molecule has 0 bridgehead atoms. The third-order valence-corrected chi connectivity index (χ3v) is 3.39. The molecule has 3 heteroatoms. The van der Waals surface area contributed by atoms with Crippen molar-refractivity contribution >= 4 is 11.3 Å². The summed E-state index contributed by atoms with van der Waals surface area (Å²) in [5.41, 5.74) is 0.621. The summed E-state index contributed by atoms with van der Waals surface area (Å²) < 4.78 is 5.58. The normalized spacial score (nSPS) is 30.6. The first-order valence-electron chi connectivity index (χ1n) is 4.56. The lowest BCUT2D eigenvalue weighted by molar-refractivity contribution is -0.0794. The maximum absolute atomic E-state index is 10.1. The molecule has 1 aromatic rings. The van der Waals surface area contributed by atoms with Crippen molar-refractivity contribution in [3.8, 4) is 0 Å². The van der Waals surface area contributed by atoms with Gasteiger partial charge in [-0.1, -0.05) is 0 Å². The molecule has 2 atom stereocenters. The highest BCUT2D eigenvalue weighted by atomic mass is 32.1. The van der Waals surface area contributed by atoms with Crippen molar-refractivity contribution in [2.75, 3.05) is 6.61 Å². The van der Waals surface area contributed by atoms with E-state index >= 15 is 0 Å². The van der Waals surface area contributed by atoms with E-state index in [0.717, 1.165) is 25.0 Å². The molecule has 0 aliphatic carbocycles. The Kier molecular flexibility index (Phi) is 2.41. The average Bonchev–Trinajstić information content (AvgIpc) is 2.73. The zero-order valence-corrected chi connectivity index (χ0v) is 8.51. The number of hydrogen-bond acceptors (Lipinski definition) is 3. The van der Waals surface area contributed by atoms with Crippen LogP contribution in [0.3, 0.4) is 0 Å². The van der Waals surface area contributed by atoms with E-state index in [4.69, 9.17) is 4.74 Å². The first-order chi connectivity index (χ1) is 6.22. The fourth-order valence-electron chi connectivity index (χ4n) is 1.80. The summed E-state index contributed by atoms with van der Waals surface area (Å²) >= 11 is 1.61. The molecule has 1 saturated heterocycles. The molecule has 1 aliphatic rings. The Morgan fingerprint density at radius 2 is 2.54 bits per heavy atom. The van der Waals surface area contributed by atoms with E-state index in [9.17, 15) is 5.11 Å². The van der Waals surface area contributed by atoms with E-state index in [-0.39, 0.29) is 5.60 Å². The van der Waals surface area contributed by atoms with Crippen LogP contribution in [-0.2, 0) is 4.74 Å². The van der Waals surface area contributed by atoms with E-state index in [2.05, 4.69) is 0 Å². The zero-order chi connectivity index (χ0) is 9.31. The molecule has 0 spiro atoms. The van der Waals surface area contributed by atoms with Crippen molar-refractivity contribution in [1.82, 2.24) is 0 Å². The number of ether oxygens (including phenoxy) is 1. The van der Waals surface area contributed by atoms with Crippen LogP contribution in [0, 0.1) is 0 Å². The lowest BCUT2D eigenvalue weighted by atomic mass is 9.92. The quantitative estimate of drug-likeness (QED) is 0.790. The van der Waals surface area contributed by atoms with Crippen LogP contribution in [-0.4, -0.2) is 17.3 Å². The van der Waals surface area contributed by atoms with Crippen LogP contribution in [0.25, 0.3) is 0 Å². The van der Waals surface area contributed by atoms with E-state index in [0.29, 0.717) is 0 Å². The minimum Gasteiger partial charge on any atom is -0.385 e. The summed E-state index contributed by atoms with van der Waals surface area (Å²) in [5.74, 6) is 0. The summed E-state index contributed by atoms with van der Waals surface area (Å²) in [6.07, 6.45) is 1.53. The van der Waals surface area contributed by atoms with Gasteiger partial charge in [0.05, 0.1) is 5.60 Å². The fraction of sp³-hybridized carbons (Fsp3) is 0.600. The van der Waals surface area contributed by atoms with Crippen molar-refractivity contribution in [3.63, 3.8) is 0 Å². The summed E-state index contributed by atoms with van der Waals surface area (Å²) in [4.78, 5) is 0. The molecule has 0 amide bonds. The highest BCUT2D eigenvalue weighted by Gasteiger charge is 2.38. The van der Waals surface area contributed by atoms with Gasteiger partial charge < -0.3 is 9.84 Å². The topological polar surface area (TPSA) is 29.5 Å². The van der Waals surface area contributed by atoms with Crippen LogP contribution in [0.15, 0.2) is 16.8 Å². The molecule has 0 saturated carbocycles. The smallest absolute Gasteiger partial charge is 0.108 e. The third kappa shape index (κ3) is 1.64. The maximum Gasteiger partial charge on any atom is 0.108 e. The third-order valence-electron chi connectivity index (χ3n) is 2.69. The molecule has 0 aromatic carbocycles. The molecule has 2 rings (SSSR count). The Morgan fingerprint density at radius 3 is 3.08 bits per heavy atom. The molecule has 2 unspecified atom stereocenters. The van der Waals surface area contributed by atoms with Gasteiger partial charge in [-0.05, 0) is 42.2 Å². The van der Waals surface area contributed by atoms with Gasteiger partial charge in [0.2, 0.25) is 0 Å². The predicted octanol–water partition coefficient (Wildman–Crippen LogP) is 2.35. The van der Waals surface area contributed by atoms with Gasteiger partial charge in [-0.25, -0.2) is 0 Å². The van der Waals surface area contributed by atoms with Gasteiger partial charge in [0.15, 0.2) is 0 Å². The average molecular weight is 198 g/mol. The molecule has 0 radical (unpaired) electrons. The summed E-state index contributed by atoms with van der Waals surface area (Å²) in [6.45, 7) is 2.76. The Labute approximate surface area is 82.2 Å². The van der Waals surface area contributed by atoms with Crippen molar-refractivity contribution in [2.45, 2.75) is 31.5 Å². The van der Waals surface area contributed by atoms with Crippen molar-refractivity contribution < 1.29 is 9.84 Å². The van der Waals surface area contributed by atoms with Gasteiger partial charge in [0.25, 0.3) is 0 Å². The van der Waals surface area contributed by atoms with Crippen LogP contribution in [0.4, 0.5) is 0 Å². The van der Waals surface area contributed by atoms with E-state index in [1.54, 1.807) is 11.3 Å². The fourth-order valence-corrected chi connectivity index (χ4v) is 2.48. The number of hydrogen-bond donors (Lipinski definition) is 1. The molecule has 1 aliphatic heterocycles. The van der Waals surface area contributed by atoms with Crippen molar-refractivity contribution in [3.05, 3.63) is 22.4 Å². The van der Waals surface area contributed by atoms with Gasteiger partial charge >= 0.3 is 0 Å². The molecule has 1 fully saturated rings. The zero-order valence-electron chi connectivity index (χ0n) is 7.69. The SMILES string of the molecule is CC1(C(O)c2ccsc2)CCCO1. The predicted molar refractivity (Wildman–Crippen MR) is 52.9 cm³/mol. The largest absolute Gasteiger partial charge is 0.385 e. The Balaban J connectivity index is 2.16. The highest BCUT2D eigenvalue weighted by molar-refractivity contribution is 7.07. The summed E-state index contributed by atoms with van der Waals surface area (Å²) in [7, 11) is 0. The van der Waals surface area contributed by atoms with Gasteiger partial charge in [0.1, 0.15) is 6.10 Å². The van der Waals surface area contributed by atoms with Crippen LogP contribution in [0.5, 0.6) is 0 Å². The first-order valence-corrected chi connectivity index (χ1v) is 5.51. The standard InChI is InChI=1S/C10H14O2S/c1-10(4-2-5-12-10)9(11)8-3-6-13-7-8/h3,6-7,9,11H,2,4-5H2,1H3. The monoisotopic (exact) mass is 198 g/mol. The second kappa shape index (κ2) is 3.40. The van der Waals surface area contributed by atoms with Crippen molar-refractivity contribution in [1.29, 1.82) is 0 Å². The molecule has 2 heterocycles. The number of thiophene rings is 1. The Hall–Kier alpha value is -0.380. The van der Waals surface area contributed by atoms with Gasteiger partial charge in [-0.15, -0.1) is 0 Å². The van der Waals surface area contributed by atoms with E-state index in [1.807, 2.05) is 23.8 Å². The van der Waals surface area contributed by atoms with Crippen LogP contribution >= 0.6 is 11.3 Å². The van der Waals surface area contributed by atoms with Crippen LogP contribution in [0.2, 0.25) is 0 Å². The van der Waals surface area contributed by atoms with Gasteiger partial charge in [-0.3, -0.25) is 0 Å². The molecular formula is C10H14O2S. The lowest BCUT2D eigenvalue weighted by Crippen LogP contribution is -2.31. The maximum atomic E-state index is 10.1. The van der Waals surface area contributed by atoms with Crippen LogP contribution < -0.4 is 0 Å². The lowest BCUT2D eigenvalue weighted by Gasteiger charge is -2.28. The van der Waals surface area contributed by atoms with E-state index in [1.165, 1.54) is 0 Å². The van der Waals surface area contributed by atoms with Gasteiger partial charge in [-0.2, -0.15) is 11.3 Å². The molecule has 2 nitrogen and oxygen atoms in total. The minimum absolute atomic E-state index is 0.360. The summed E-state index contributed by atoms with van der Waals surface area (Å²) in [6, 6.07) is 1.96. The molecule has 13 heavy (non-hydrogen) atoms. The van der Waals surface area contributed by atoms with Gasteiger partial charge in [0, 0.05) is 6.61 Å². The number of aliphatic hydroxyl groups is 1. The Bertz CT molecular complexity index is 262. The molecule has 1 N–H and O–H groups in total.